The number of amides is 1. The maximum absolute atomic E-state index is 11.6. The van der Waals surface area contributed by atoms with Crippen LogP contribution in [0.2, 0.25) is 0 Å². The van der Waals surface area contributed by atoms with E-state index in [0.717, 1.165) is 25.7 Å². The van der Waals surface area contributed by atoms with Gasteiger partial charge in [0.05, 0.1) is 6.10 Å². The predicted octanol–water partition coefficient (Wildman–Crippen LogP) is 3.23. The lowest BCUT2D eigenvalue weighted by Crippen LogP contribution is -2.25. The molecule has 0 aliphatic heterocycles. The largest absolute Gasteiger partial charge is 0.481 e. The summed E-state index contributed by atoms with van der Waals surface area (Å²) >= 11 is 0. The Morgan fingerprint density at radius 3 is 2.79 bits per heavy atom. The molecule has 1 atom stereocenters. The van der Waals surface area contributed by atoms with E-state index < -0.39 is 5.97 Å². The number of hydrogen-bond donors (Lipinski definition) is 2. The Morgan fingerprint density at radius 1 is 1.17 bits per heavy atom. The Bertz CT molecular complexity index is 544. The molecule has 5 heteroatoms. The SMILES string of the molecule is O=C(O)CCCCC(=O)NCCCOC1CCCc2ccccc21. The zero-order valence-corrected chi connectivity index (χ0v) is 14.1. The number of carbonyl (C=O) groups excluding carboxylic acids is 1. The first-order valence-corrected chi connectivity index (χ1v) is 8.84. The average Bonchev–Trinajstić information content (AvgIpc) is 2.58. The first-order valence-electron chi connectivity index (χ1n) is 8.84. The third-order valence-electron chi connectivity index (χ3n) is 4.32. The van der Waals surface area contributed by atoms with Crippen molar-refractivity contribution in [2.45, 2.75) is 57.5 Å². The van der Waals surface area contributed by atoms with Gasteiger partial charge >= 0.3 is 5.97 Å². The lowest BCUT2D eigenvalue weighted by Gasteiger charge is -2.25. The van der Waals surface area contributed by atoms with Crippen molar-refractivity contribution in [2.24, 2.45) is 0 Å². The maximum Gasteiger partial charge on any atom is 0.303 e. The van der Waals surface area contributed by atoms with Gasteiger partial charge < -0.3 is 15.2 Å². The van der Waals surface area contributed by atoms with Gasteiger partial charge in [-0.3, -0.25) is 9.59 Å². The van der Waals surface area contributed by atoms with Crippen LogP contribution < -0.4 is 5.32 Å². The molecule has 0 saturated carbocycles. The van der Waals surface area contributed by atoms with Crippen molar-refractivity contribution in [1.29, 1.82) is 0 Å². The van der Waals surface area contributed by atoms with Crippen molar-refractivity contribution in [3.8, 4) is 0 Å². The summed E-state index contributed by atoms with van der Waals surface area (Å²) in [6.45, 7) is 1.24. The van der Waals surface area contributed by atoms with Gasteiger partial charge in [-0.25, -0.2) is 0 Å². The fourth-order valence-corrected chi connectivity index (χ4v) is 3.06. The minimum absolute atomic E-state index is 0.0107. The van der Waals surface area contributed by atoms with E-state index >= 15 is 0 Å². The highest BCUT2D eigenvalue weighted by atomic mass is 16.5. The normalized spacial score (nSPS) is 16.4. The number of carboxylic acid groups (broad SMARTS) is 1. The van der Waals surface area contributed by atoms with E-state index in [4.69, 9.17) is 9.84 Å². The van der Waals surface area contributed by atoms with Gasteiger partial charge in [0.15, 0.2) is 0 Å². The van der Waals surface area contributed by atoms with E-state index in [1.54, 1.807) is 0 Å². The number of carbonyl (C=O) groups is 2. The summed E-state index contributed by atoms with van der Waals surface area (Å²) in [6, 6.07) is 8.46. The lowest BCUT2D eigenvalue weighted by atomic mass is 9.89. The Hall–Kier alpha value is -1.88. The van der Waals surface area contributed by atoms with Crippen LogP contribution in [0.5, 0.6) is 0 Å². The highest BCUT2D eigenvalue weighted by Crippen LogP contribution is 2.32. The third-order valence-corrected chi connectivity index (χ3v) is 4.32. The zero-order valence-electron chi connectivity index (χ0n) is 14.1. The number of carboxylic acids is 1. The molecule has 1 unspecified atom stereocenters. The number of aryl methyl sites for hydroxylation is 1. The summed E-state index contributed by atoms with van der Waals surface area (Å²) < 4.78 is 6.00. The molecule has 1 aliphatic carbocycles. The van der Waals surface area contributed by atoms with Crippen molar-refractivity contribution in [3.63, 3.8) is 0 Å². The second-order valence-electron chi connectivity index (χ2n) is 6.25. The van der Waals surface area contributed by atoms with Crippen LogP contribution in [0.1, 0.15) is 62.2 Å². The summed E-state index contributed by atoms with van der Waals surface area (Å²) in [6.07, 6.45) is 6.02. The quantitative estimate of drug-likeness (QED) is 0.645. The zero-order chi connectivity index (χ0) is 17.2. The van der Waals surface area contributed by atoms with Gasteiger partial charge in [-0.15, -0.1) is 0 Å². The number of fused-ring (bicyclic) bond motifs is 1. The number of rotatable bonds is 10. The van der Waals surface area contributed by atoms with Gasteiger partial charge in [0.25, 0.3) is 0 Å². The molecular formula is C19H27NO4. The summed E-state index contributed by atoms with van der Waals surface area (Å²) in [7, 11) is 0. The molecule has 0 radical (unpaired) electrons. The number of unbranched alkanes of at least 4 members (excludes halogenated alkanes) is 1. The first kappa shape index (κ1) is 18.5. The molecule has 0 aromatic heterocycles. The number of nitrogens with one attached hydrogen (secondary N) is 1. The average molecular weight is 333 g/mol. The highest BCUT2D eigenvalue weighted by molar-refractivity contribution is 5.75. The Balaban J connectivity index is 1.56. The van der Waals surface area contributed by atoms with Gasteiger partial charge in [0.1, 0.15) is 0 Å². The van der Waals surface area contributed by atoms with Crippen LogP contribution in [0, 0.1) is 0 Å². The Labute approximate surface area is 143 Å². The predicted molar refractivity (Wildman–Crippen MR) is 91.8 cm³/mol. The molecule has 5 nitrogen and oxygen atoms in total. The molecule has 1 aliphatic rings. The van der Waals surface area contributed by atoms with Crippen LogP contribution >= 0.6 is 0 Å². The van der Waals surface area contributed by atoms with Gasteiger partial charge in [-0.1, -0.05) is 24.3 Å². The van der Waals surface area contributed by atoms with Crippen molar-refractivity contribution >= 4 is 11.9 Å². The third kappa shape index (κ3) is 6.32. The van der Waals surface area contributed by atoms with Gasteiger partial charge in [0, 0.05) is 26.0 Å². The summed E-state index contributed by atoms with van der Waals surface area (Å²) in [4.78, 5) is 22.0. The molecule has 0 fully saturated rings. The number of aliphatic carboxylic acids is 1. The van der Waals surface area contributed by atoms with Gasteiger partial charge in [-0.2, -0.15) is 0 Å². The van der Waals surface area contributed by atoms with Gasteiger partial charge in [0.2, 0.25) is 5.91 Å². The van der Waals surface area contributed by atoms with Crippen LogP contribution in [0.3, 0.4) is 0 Å². The fourth-order valence-electron chi connectivity index (χ4n) is 3.06. The van der Waals surface area contributed by atoms with Crippen LogP contribution in [-0.4, -0.2) is 30.1 Å². The lowest BCUT2D eigenvalue weighted by molar-refractivity contribution is -0.137. The standard InChI is InChI=1S/C19H27NO4/c21-18(11-3-4-12-19(22)23)20-13-6-14-24-17-10-5-8-15-7-1-2-9-16(15)17/h1-2,7,9,17H,3-6,8,10-14H2,(H,20,21)(H,22,23). The summed E-state index contributed by atoms with van der Waals surface area (Å²) in [5.74, 6) is -0.819. The molecule has 0 spiro atoms. The second kappa shape index (κ2) is 10.1. The molecule has 2 N–H and O–H groups in total. The molecule has 0 bridgehead atoms. The van der Waals surface area contributed by atoms with Crippen molar-refractivity contribution in [1.82, 2.24) is 5.32 Å². The number of ether oxygens (including phenoxy) is 1. The molecule has 1 aromatic carbocycles. The van der Waals surface area contributed by atoms with Crippen molar-refractivity contribution in [3.05, 3.63) is 35.4 Å². The van der Waals surface area contributed by atoms with E-state index in [1.807, 2.05) is 0 Å². The molecule has 2 rings (SSSR count). The topological polar surface area (TPSA) is 75.6 Å². The van der Waals surface area contributed by atoms with Crippen LogP contribution in [0.15, 0.2) is 24.3 Å². The molecule has 132 valence electrons. The van der Waals surface area contributed by atoms with Crippen LogP contribution in [0.4, 0.5) is 0 Å². The number of hydrogen-bond acceptors (Lipinski definition) is 3. The molecule has 0 heterocycles. The molecule has 0 saturated heterocycles. The van der Waals surface area contributed by atoms with Crippen molar-refractivity contribution < 1.29 is 19.4 Å². The van der Waals surface area contributed by atoms with E-state index in [9.17, 15) is 9.59 Å². The molecule has 1 amide bonds. The summed E-state index contributed by atoms with van der Waals surface area (Å²) in [5, 5.41) is 11.4. The van der Waals surface area contributed by atoms with E-state index in [-0.39, 0.29) is 18.4 Å². The monoisotopic (exact) mass is 333 g/mol. The Morgan fingerprint density at radius 2 is 1.96 bits per heavy atom. The van der Waals surface area contributed by atoms with Crippen molar-refractivity contribution in [2.75, 3.05) is 13.2 Å². The van der Waals surface area contributed by atoms with E-state index in [2.05, 4.69) is 29.6 Å². The smallest absolute Gasteiger partial charge is 0.303 e. The minimum Gasteiger partial charge on any atom is -0.481 e. The fraction of sp³-hybridized carbons (Fsp3) is 0.579. The van der Waals surface area contributed by atoms with Crippen LogP contribution in [-0.2, 0) is 20.7 Å². The van der Waals surface area contributed by atoms with Gasteiger partial charge in [-0.05, 0) is 49.7 Å². The summed E-state index contributed by atoms with van der Waals surface area (Å²) in [5.41, 5.74) is 2.70. The highest BCUT2D eigenvalue weighted by Gasteiger charge is 2.19. The van der Waals surface area contributed by atoms with Crippen LogP contribution in [0.25, 0.3) is 0 Å². The second-order valence-corrected chi connectivity index (χ2v) is 6.25. The molecule has 24 heavy (non-hydrogen) atoms. The molecular weight excluding hydrogens is 306 g/mol. The first-order chi connectivity index (χ1) is 11.7. The minimum atomic E-state index is -0.808. The van der Waals surface area contributed by atoms with E-state index in [0.29, 0.717) is 32.4 Å². The Kier molecular flexibility index (Phi) is 7.75. The molecule has 1 aromatic rings. The number of benzene rings is 1. The maximum atomic E-state index is 11.6. The van der Waals surface area contributed by atoms with E-state index in [1.165, 1.54) is 11.1 Å².